The lowest BCUT2D eigenvalue weighted by Gasteiger charge is -2.27. The lowest BCUT2D eigenvalue weighted by molar-refractivity contribution is 0.493. The van der Waals surface area contributed by atoms with E-state index in [1.165, 1.54) is 6.07 Å². The summed E-state index contributed by atoms with van der Waals surface area (Å²) in [6.07, 6.45) is 2.50. The predicted octanol–water partition coefficient (Wildman–Crippen LogP) is 3.75. The Hall–Kier alpha value is -2.69. The van der Waals surface area contributed by atoms with E-state index in [1.54, 1.807) is 12.3 Å². The summed E-state index contributed by atoms with van der Waals surface area (Å²) in [5.41, 5.74) is 3.49. The normalized spacial score (nSPS) is 13.9. The van der Waals surface area contributed by atoms with E-state index in [2.05, 4.69) is 14.9 Å². The fourth-order valence-electron chi connectivity index (χ4n) is 2.91. The van der Waals surface area contributed by atoms with Crippen LogP contribution in [0.3, 0.4) is 0 Å². The van der Waals surface area contributed by atoms with E-state index in [4.69, 9.17) is 4.42 Å². The molecule has 116 valence electrons. The molecule has 4 nitrogen and oxygen atoms in total. The summed E-state index contributed by atoms with van der Waals surface area (Å²) >= 11 is 0. The molecule has 1 aliphatic rings. The molecule has 4 rings (SSSR count). The third kappa shape index (κ3) is 2.70. The molecule has 0 unspecified atom stereocenters. The molecule has 3 aromatic rings. The van der Waals surface area contributed by atoms with Crippen molar-refractivity contribution < 1.29 is 8.81 Å². The highest BCUT2D eigenvalue weighted by Gasteiger charge is 2.23. The Morgan fingerprint density at radius 3 is 2.91 bits per heavy atom. The molecule has 0 bridgehead atoms. The molecular weight excluding hydrogens is 293 g/mol. The van der Waals surface area contributed by atoms with Gasteiger partial charge >= 0.3 is 0 Å². The van der Waals surface area contributed by atoms with Crippen molar-refractivity contribution in [2.75, 3.05) is 11.4 Å². The quantitative estimate of drug-likeness (QED) is 0.723. The van der Waals surface area contributed by atoms with Crippen LogP contribution >= 0.6 is 0 Å². The van der Waals surface area contributed by atoms with Crippen LogP contribution in [0.1, 0.15) is 17.0 Å². The molecule has 2 aromatic heterocycles. The third-order valence-corrected chi connectivity index (χ3v) is 4.01. The topological polar surface area (TPSA) is 42.2 Å². The highest BCUT2D eigenvalue weighted by molar-refractivity contribution is 5.52. The zero-order chi connectivity index (χ0) is 15.8. The Bertz CT molecular complexity index is 824. The minimum atomic E-state index is -0.211. The average Bonchev–Trinajstić information content (AvgIpc) is 2.98. The van der Waals surface area contributed by atoms with Crippen LogP contribution in [0.25, 0.3) is 11.6 Å². The van der Waals surface area contributed by atoms with Gasteiger partial charge in [0, 0.05) is 24.8 Å². The molecule has 5 heteroatoms. The molecule has 0 atom stereocenters. The summed E-state index contributed by atoms with van der Waals surface area (Å²) < 4.78 is 19.5. The number of anilines is 1. The second-order valence-corrected chi connectivity index (χ2v) is 5.76. The number of nitrogens with zero attached hydrogens (tertiary/aromatic N) is 3. The van der Waals surface area contributed by atoms with Gasteiger partial charge in [-0.3, -0.25) is 4.98 Å². The molecule has 3 heterocycles. The van der Waals surface area contributed by atoms with Crippen LogP contribution in [0.5, 0.6) is 0 Å². The van der Waals surface area contributed by atoms with Crippen molar-refractivity contribution in [2.45, 2.75) is 19.9 Å². The second kappa shape index (κ2) is 5.50. The summed E-state index contributed by atoms with van der Waals surface area (Å²) in [6, 6.07) is 10.7. The first-order valence-electron chi connectivity index (χ1n) is 7.61. The van der Waals surface area contributed by atoms with Crippen LogP contribution in [-0.2, 0) is 13.0 Å². The fraction of sp³-hybridized carbons (Fsp3) is 0.222. The van der Waals surface area contributed by atoms with E-state index in [1.807, 2.05) is 31.2 Å². The molecule has 23 heavy (non-hydrogen) atoms. The second-order valence-electron chi connectivity index (χ2n) is 5.76. The van der Waals surface area contributed by atoms with E-state index >= 15 is 0 Å². The maximum Gasteiger partial charge on any atom is 0.245 e. The van der Waals surface area contributed by atoms with Gasteiger partial charge in [-0.25, -0.2) is 9.37 Å². The molecule has 0 amide bonds. The van der Waals surface area contributed by atoms with Gasteiger partial charge in [-0.15, -0.1) is 0 Å². The van der Waals surface area contributed by atoms with Crippen molar-refractivity contribution in [3.63, 3.8) is 0 Å². The highest BCUT2D eigenvalue weighted by atomic mass is 19.1. The summed E-state index contributed by atoms with van der Waals surface area (Å²) in [4.78, 5) is 10.9. The molecule has 0 saturated carbocycles. The monoisotopic (exact) mass is 309 g/mol. The number of rotatable bonds is 2. The number of fused-ring (bicyclic) bond motifs is 1. The average molecular weight is 309 g/mol. The molecule has 0 aliphatic carbocycles. The van der Waals surface area contributed by atoms with E-state index < -0.39 is 0 Å². The van der Waals surface area contributed by atoms with Gasteiger partial charge in [0.1, 0.15) is 17.3 Å². The molecule has 0 spiro atoms. The number of hydrogen-bond donors (Lipinski definition) is 0. The van der Waals surface area contributed by atoms with Crippen LogP contribution in [0.4, 0.5) is 10.1 Å². The van der Waals surface area contributed by atoms with Crippen LogP contribution in [0.2, 0.25) is 0 Å². The summed E-state index contributed by atoms with van der Waals surface area (Å²) in [7, 11) is 0. The van der Waals surface area contributed by atoms with Gasteiger partial charge in [0.25, 0.3) is 0 Å². The van der Waals surface area contributed by atoms with Crippen LogP contribution < -0.4 is 4.90 Å². The third-order valence-electron chi connectivity index (χ3n) is 4.01. The maximum atomic E-state index is 13.6. The van der Waals surface area contributed by atoms with E-state index in [9.17, 15) is 4.39 Å². The maximum absolute atomic E-state index is 13.6. The lowest BCUT2D eigenvalue weighted by atomic mass is 10.1. The minimum Gasteiger partial charge on any atom is -0.438 e. The summed E-state index contributed by atoms with van der Waals surface area (Å²) in [6.45, 7) is 3.29. The standard InChI is InChI=1S/C18H16FN3O/c1-12-8-13(19)10-14(9-12)22-7-5-15-17(11-22)23-18(21-15)16-4-2-3-6-20-16/h2-4,6,8-10H,5,7,11H2,1H3. The van der Waals surface area contributed by atoms with E-state index in [-0.39, 0.29) is 5.82 Å². The van der Waals surface area contributed by atoms with Crippen LogP contribution in [0, 0.1) is 12.7 Å². The molecule has 1 aromatic carbocycles. The number of aromatic nitrogens is 2. The van der Waals surface area contributed by atoms with Crippen molar-refractivity contribution in [1.82, 2.24) is 9.97 Å². The number of pyridine rings is 1. The first-order valence-corrected chi connectivity index (χ1v) is 7.61. The molecule has 1 aliphatic heterocycles. The van der Waals surface area contributed by atoms with Crippen molar-refractivity contribution in [3.8, 4) is 11.6 Å². The largest absolute Gasteiger partial charge is 0.438 e. The van der Waals surface area contributed by atoms with Gasteiger partial charge in [0.2, 0.25) is 5.89 Å². The Balaban J connectivity index is 1.63. The first-order chi connectivity index (χ1) is 11.2. The summed E-state index contributed by atoms with van der Waals surface area (Å²) in [5, 5.41) is 0. The van der Waals surface area contributed by atoms with E-state index in [0.29, 0.717) is 12.4 Å². The van der Waals surface area contributed by atoms with Gasteiger partial charge in [-0.1, -0.05) is 6.07 Å². The number of aryl methyl sites for hydroxylation is 1. The van der Waals surface area contributed by atoms with Crippen molar-refractivity contribution in [2.24, 2.45) is 0 Å². The first kappa shape index (κ1) is 13.9. The van der Waals surface area contributed by atoms with Gasteiger partial charge in [-0.2, -0.15) is 0 Å². The Morgan fingerprint density at radius 1 is 1.22 bits per heavy atom. The van der Waals surface area contributed by atoms with Crippen LogP contribution in [-0.4, -0.2) is 16.5 Å². The smallest absolute Gasteiger partial charge is 0.245 e. The van der Waals surface area contributed by atoms with Crippen molar-refractivity contribution >= 4 is 5.69 Å². The Kier molecular flexibility index (Phi) is 3.33. The van der Waals surface area contributed by atoms with Gasteiger partial charge in [-0.05, 0) is 42.8 Å². The molecular formula is C18H16FN3O. The Labute approximate surface area is 133 Å². The molecule has 0 N–H and O–H groups in total. The molecule has 0 fully saturated rings. The lowest BCUT2D eigenvalue weighted by Crippen LogP contribution is -2.30. The number of halogens is 1. The SMILES string of the molecule is Cc1cc(F)cc(N2CCc3nc(-c4ccccn4)oc3C2)c1. The van der Waals surface area contributed by atoms with Gasteiger partial charge in [0.15, 0.2) is 0 Å². The van der Waals surface area contributed by atoms with Gasteiger partial charge in [0.05, 0.1) is 12.2 Å². The molecule has 0 saturated heterocycles. The Morgan fingerprint density at radius 2 is 2.13 bits per heavy atom. The zero-order valence-corrected chi connectivity index (χ0v) is 12.8. The number of oxazole rings is 1. The van der Waals surface area contributed by atoms with Crippen LogP contribution in [0.15, 0.2) is 47.0 Å². The molecule has 0 radical (unpaired) electrons. The summed E-state index contributed by atoms with van der Waals surface area (Å²) in [5.74, 6) is 1.17. The minimum absolute atomic E-state index is 0.211. The number of benzene rings is 1. The van der Waals surface area contributed by atoms with E-state index in [0.717, 1.165) is 41.4 Å². The van der Waals surface area contributed by atoms with Crippen molar-refractivity contribution in [1.29, 1.82) is 0 Å². The van der Waals surface area contributed by atoms with Crippen molar-refractivity contribution in [3.05, 3.63) is 65.4 Å². The fourth-order valence-corrected chi connectivity index (χ4v) is 2.91. The highest BCUT2D eigenvalue weighted by Crippen LogP contribution is 2.28. The predicted molar refractivity (Wildman–Crippen MR) is 85.6 cm³/mol. The zero-order valence-electron chi connectivity index (χ0n) is 12.8. The van der Waals surface area contributed by atoms with Gasteiger partial charge < -0.3 is 9.32 Å². The number of hydrogen-bond acceptors (Lipinski definition) is 4.